The summed E-state index contributed by atoms with van der Waals surface area (Å²) in [7, 11) is 1.46. The molecule has 0 amide bonds. The highest BCUT2D eigenvalue weighted by atomic mass is 19.1. The van der Waals surface area contributed by atoms with Gasteiger partial charge in [-0.25, -0.2) is 9.18 Å². The van der Waals surface area contributed by atoms with Crippen molar-refractivity contribution in [2.45, 2.75) is 27.7 Å². The highest BCUT2D eigenvalue weighted by Gasteiger charge is 2.25. The van der Waals surface area contributed by atoms with Gasteiger partial charge >= 0.3 is 11.9 Å². The van der Waals surface area contributed by atoms with Crippen LogP contribution in [0.2, 0.25) is 0 Å². The average molecular weight is 386 g/mol. The maximum Gasteiger partial charge on any atom is 0.338 e. The second-order valence-corrected chi connectivity index (χ2v) is 7.32. The summed E-state index contributed by atoms with van der Waals surface area (Å²) in [4.78, 5) is 23.6. The van der Waals surface area contributed by atoms with Crippen molar-refractivity contribution < 1.29 is 28.2 Å². The van der Waals surface area contributed by atoms with E-state index in [1.165, 1.54) is 25.3 Å². The van der Waals surface area contributed by atoms with E-state index >= 15 is 0 Å². The number of rotatable bonds is 5. The quantitative estimate of drug-likeness (QED) is 0.414. The Morgan fingerprint density at radius 1 is 1.00 bits per heavy atom. The average Bonchev–Trinajstić information content (AvgIpc) is 2.62. The van der Waals surface area contributed by atoms with Crippen LogP contribution in [0.1, 0.15) is 27.7 Å². The first kappa shape index (κ1) is 21.2. The molecule has 0 saturated heterocycles. The van der Waals surface area contributed by atoms with Gasteiger partial charge in [0.1, 0.15) is 11.5 Å². The molecule has 0 aromatic heterocycles. The molecule has 0 fully saturated rings. The zero-order chi connectivity index (χ0) is 21.1. The third-order valence-corrected chi connectivity index (χ3v) is 3.79. The Labute approximate surface area is 163 Å². The van der Waals surface area contributed by atoms with Crippen molar-refractivity contribution in [1.29, 1.82) is 0 Å². The molecular formula is C22H23FO5. The molecule has 0 atom stereocenters. The van der Waals surface area contributed by atoms with Gasteiger partial charge in [-0.1, -0.05) is 12.6 Å². The standard InChI is InChI=1S/C22H23FO5/c1-13(2)20(24)27-15-8-9-16(19(12-15)26-6)14-7-10-18(17(23)11-14)28-21(25)22(3,4)5/h7-12H,1H2,2-6H3. The van der Waals surface area contributed by atoms with Gasteiger partial charge < -0.3 is 14.2 Å². The minimum Gasteiger partial charge on any atom is -0.496 e. The van der Waals surface area contributed by atoms with E-state index in [4.69, 9.17) is 14.2 Å². The maximum absolute atomic E-state index is 14.5. The Morgan fingerprint density at radius 3 is 2.21 bits per heavy atom. The minimum atomic E-state index is -0.745. The fourth-order valence-electron chi connectivity index (χ4n) is 2.17. The molecule has 2 aromatic rings. The second kappa shape index (κ2) is 8.25. The van der Waals surface area contributed by atoms with Crippen LogP contribution >= 0.6 is 0 Å². The predicted molar refractivity (Wildman–Crippen MR) is 104 cm³/mol. The maximum atomic E-state index is 14.5. The van der Waals surface area contributed by atoms with Crippen LogP contribution in [0, 0.1) is 11.2 Å². The molecule has 0 heterocycles. The molecule has 0 spiro atoms. The lowest BCUT2D eigenvalue weighted by Crippen LogP contribution is -2.25. The van der Waals surface area contributed by atoms with Crippen LogP contribution in [0.5, 0.6) is 17.2 Å². The van der Waals surface area contributed by atoms with E-state index in [1.54, 1.807) is 45.9 Å². The van der Waals surface area contributed by atoms with E-state index < -0.39 is 23.2 Å². The molecule has 2 aromatic carbocycles. The molecule has 0 N–H and O–H groups in total. The second-order valence-electron chi connectivity index (χ2n) is 7.32. The molecule has 0 saturated carbocycles. The van der Waals surface area contributed by atoms with Crippen LogP contribution < -0.4 is 14.2 Å². The van der Waals surface area contributed by atoms with E-state index in [9.17, 15) is 14.0 Å². The van der Waals surface area contributed by atoms with Crippen molar-refractivity contribution in [3.05, 3.63) is 54.4 Å². The number of carbonyl (C=O) groups excluding carboxylic acids is 2. The van der Waals surface area contributed by atoms with E-state index in [-0.39, 0.29) is 17.1 Å². The third kappa shape index (κ3) is 4.97. The molecule has 0 unspecified atom stereocenters. The number of benzene rings is 2. The molecular weight excluding hydrogens is 363 g/mol. The minimum absolute atomic E-state index is 0.144. The molecule has 0 aliphatic heterocycles. The zero-order valence-corrected chi connectivity index (χ0v) is 16.6. The lowest BCUT2D eigenvalue weighted by molar-refractivity contribution is -0.143. The van der Waals surface area contributed by atoms with Gasteiger partial charge in [-0.05, 0) is 57.5 Å². The van der Waals surface area contributed by atoms with Crippen LogP contribution in [-0.4, -0.2) is 19.0 Å². The number of hydrogen-bond donors (Lipinski definition) is 0. The largest absolute Gasteiger partial charge is 0.496 e. The van der Waals surface area contributed by atoms with Gasteiger partial charge in [-0.2, -0.15) is 0 Å². The summed E-state index contributed by atoms with van der Waals surface area (Å²) >= 11 is 0. The lowest BCUT2D eigenvalue weighted by atomic mass is 9.97. The summed E-state index contributed by atoms with van der Waals surface area (Å²) in [5.41, 5.74) is 0.629. The Morgan fingerprint density at radius 2 is 1.68 bits per heavy atom. The molecule has 28 heavy (non-hydrogen) atoms. The summed E-state index contributed by atoms with van der Waals surface area (Å²) in [6.07, 6.45) is 0. The molecule has 6 heteroatoms. The summed E-state index contributed by atoms with van der Waals surface area (Å²) < 4.78 is 30.1. The van der Waals surface area contributed by atoms with E-state index in [1.807, 2.05) is 0 Å². The predicted octanol–water partition coefficient (Wildman–Crippen LogP) is 4.93. The van der Waals surface area contributed by atoms with Crippen LogP contribution in [-0.2, 0) is 9.59 Å². The SMILES string of the molecule is C=C(C)C(=O)Oc1ccc(-c2ccc(OC(=O)C(C)(C)C)c(F)c2)c(OC)c1. The fraction of sp³-hybridized carbons (Fsp3) is 0.273. The van der Waals surface area contributed by atoms with Crippen molar-refractivity contribution in [3.63, 3.8) is 0 Å². The zero-order valence-electron chi connectivity index (χ0n) is 16.6. The third-order valence-electron chi connectivity index (χ3n) is 3.79. The number of carbonyl (C=O) groups is 2. The monoisotopic (exact) mass is 386 g/mol. The molecule has 5 nitrogen and oxygen atoms in total. The van der Waals surface area contributed by atoms with Crippen molar-refractivity contribution in [1.82, 2.24) is 0 Å². The smallest absolute Gasteiger partial charge is 0.338 e. The van der Waals surface area contributed by atoms with E-state index in [0.717, 1.165) is 0 Å². The van der Waals surface area contributed by atoms with E-state index in [0.29, 0.717) is 16.9 Å². The Kier molecular flexibility index (Phi) is 6.23. The summed E-state index contributed by atoms with van der Waals surface area (Å²) in [5, 5.41) is 0. The Balaban J connectivity index is 2.32. The van der Waals surface area contributed by atoms with Crippen molar-refractivity contribution >= 4 is 11.9 Å². The summed E-state index contributed by atoms with van der Waals surface area (Å²) in [5.74, 6) is -1.22. The van der Waals surface area contributed by atoms with Gasteiger partial charge in [0.25, 0.3) is 0 Å². The normalized spacial score (nSPS) is 10.9. The first-order valence-electron chi connectivity index (χ1n) is 8.61. The Bertz CT molecular complexity index is 925. The van der Waals surface area contributed by atoms with Gasteiger partial charge in [-0.15, -0.1) is 0 Å². The van der Waals surface area contributed by atoms with Crippen LogP contribution in [0.4, 0.5) is 4.39 Å². The number of hydrogen-bond acceptors (Lipinski definition) is 5. The first-order chi connectivity index (χ1) is 13.0. The van der Waals surface area contributed by atoms with Crippen LogP contribution in [0.3, 0.4) is 0 Å². The van der Waals surface area contributed by atoms with E-state index in [2.05, 4.69) is 6.58 Å². The number of esters is 2. The lowest BCUT2D eigenvalue weighted by Gasteiger charge is -2.17. The number of ether oxygens (including phenoxy) is 3. The van der Waals surface area contributed by atoms with Crippen LogP contribution in [0.15, 0.2) is 48.6 Å². The highest BCUT2D eigenvalue weighted by Crippen LogP contribution is 2.35. The van der Waals surface area contributed by atoms with Crippen LogP contribution in [0.25, 0.3) is 11.1 Å². The van der Waals surface area contributed by atoms with Gasteiger partial charge in [0, 0.05) is 17.2 Å². The number of halogens is 1. The summed E-state index contributed by atoms with van der Waals surface area (Å²) in [6.45, 7) is 10.1. The Hall–Kier alpha value is -3.15. The fourth-order valence-corrected chi connectivity index (χ4v) is 2.17. The van der Waals surface area contributed by atoms with Gasteiger partial charge in [0.15, 0.2) is 11.6 Å². The van der Waals surface area contributed by atoms with Gasteiger partial charge in [-0.3, -0.25) is 4.79 Å². The molecule has 148 valence electrons. The summed E-state index contributed by atoms with van der Waals surface area (Å²) in [6, 6.07) is 9.01. The first-order valence-corrected chi connectivity index (χ1v) is 8.61. The molecule has 2 rings (SSSR count). The molecule has 0 bridgehead atoms. The van der Waals surface area contributed by atoms with Crippen molar-refractivity contribution in [2.75, 3.05) is 7.11 Å². The van der Waals surface area contributed by atoms with Crippen molar-refractivity contribution in [2.24, 2.45) is 5.41 Å². The highest BCUT2D eigenvalue weighted by molar-refractivity contribution is 5.89. The molecule has 0 radical (unpaired) electrons. The number of methoxy groups -OCH3 is 1. The molecule has 0 aliphatic rings. The van der Waals surface area contributed by atoms with Crippen molar-refractivity contribution in [3.8, 4) is 28.4 Å². The molecule has 0 aliphatic carbocycles. The van der Waals surface area contributed by atoms with Gasteiger partial charge in [0.2, 0.25) is 0 Å². The van der Waals surface area contributed by atoms with Gasteiger partial charge in [0.05, 0.1) is 12.5 Å². The topological polar surface area (TPSA) is 61.8 Å².